The highest BCUT2D eigenvalue weighted by Gasteiger charge is 2.22. The van der Waals surface area contributed by atoms with Gasteiger partial charge in [0.25, 0.3) is 0 Å². The molecule has 1 aromatic heterocycles. The summed E-state index contributed by atoms with van der Waals surface area (Å²) in [6.45, 7) is 2.66. The second kappa shape index (κ2) is 5.08. The van der Waals surface area contributed by atoms with Crippen molar-refractivity contribution in [1.82, 2.24) is 0 Å². The molecule has 1 saturated carbocycles. The van der Waals surface area contributed by atoms with Crippen molar-refractivity contribution in [1.29, 1.82) is 0 Å². The Kier molecular flexibility index (Phi) is 3.76. The van der Waals surface area contributed by atoms with Gasteiger partial charge in [-0.1, -0.05) is 12.8 Å². The number of rotatable bonds is 4. The van der Waals surface area contributed by atoms with Gasteiger partial charge in [0.2, 0.25) is 0 Å². The molecule has 0 bridgehead atoms. The lowest BCUT2D eigenvalue weighted by atomic mass is 10.3. The Balaban J connectivity index is 1.97. The summed E-state index contributed by atoms with van der Waals surface area (Å²) in [6.07, 6.45) is 5.46. The Hall–Kier alpha value is -0.410. The third-order valence-electron chi connectivity index (χ3n) is 2.95. The third kappa shape index (κ3) is 2.79. The van der Waals surface area contributed by atoms with Gasteiger partial charge >= 0.3 is 0 Å². The quantitative estimate of drug-likeness (QED) is 0.855. The second-order valence-corrected chi connectivity index (χ2v) is 5.72. The number of nitrogens with two attached hydrogens (primary N) is 1. The van der Waals surface area contributed by atoms with Crippen LogP contribution in [0.2, 0.25) is 0 Å². The molecule has 0 radical (unpaired) electrons. The molecule has 1 unspecified atom stereocenters. The smallest absolute Gasteiger partial charge is 0.118 e. The molecule has 2 rings (SSSR count). The maximum Gasteiger partial charge on any atom is 0.118 e. The van der Waals surface area contributed by atoms with Gasteiger partial charge in [-0.2, -0.15) is 0 Å². The van der Waals surface area contributed by atoms with Crippen LogP contribution in [0.25, 0.3) is 0 Å². The van der Waals surface area contributed by atoms with Crippen molar-refractivity contribution in [3.8, 4) is 0 Å². The fraction of sp³-hybridized carbons (Fsp3) is 0.667. The minimum atomic E-state index is 0.349. The summed E-state index contributed by atoms with van der Waals surface area (Å²) in [5, 5.41) is 1.14. The van der Waals surface area contributed by atoms with E-state index in [1.165, 1.54) is 25.7 Å². The highest BCUT2D eigenvalue weighted by Crippen LogP contribution is 2.39. The predicted molar refractivity (Wildman–Crippen MR) is 65.1 cm³/mol. The molecule has 0 spiro atoms. The van der Waals surface area contributed by atoms with Crippen LogP contribution in [0.1, 0.15) is 42.5 Å². The molecule has 3 heteroatoms. The number of hydrogen-bond acceptors (Lipinski definition) is 3. The van der Waals surface area contributed by atoms with Crippen molar-refractivity contribution in [2.24, 2.45) is 5.73 Å². The molecule has 15 heavy (non-hydrogen) atoms. The van der Waals surface area contributed by atoms with Crippen LogP contribution in [-0.2, 0) is 0 Å². The van der Waals surface area contributed by atoms with Crippen molar-refractivity contribution in [3.63, 3.8) is 0 Å². The predicted octanol–water partition coefficient (Wildman–Crippen LogP) is 3.26. The largest absolute Gasteiger partial charge is 0.465 e. The van der Waals surface area contributed by atoms with Crippen molar-refractivity contribution in [2.45, 2.75) is 43.1 Å². The van der Waals surface area contributed by atoms with Crippen molar-refractivity contribution in [3.05, 3.63) is 23.7 Å². The highest BCUT2D eigenvalue weighted by molar-refractivity contribution is 8.00. The maximum absolute atomic E-state index is 5.81. The van der Waals surface area contributed by atoms with E-state index in [2.05, 4.69) is 6.07 Å². The molecule has 1 aliphatic rings. The van der Waals surface area contributed by atoms with Crippen molar-refractivity contribution < 1.29 is 4.42 Å². The lowest BCUT2D eigenvalue weighted by Gasteiger charge is -2.16. The summed E-state index contributed by atoms with van der Waals surface area (Å²) in [4.78, 5) is 0. The zero-order valence-corrected chi connectivity index (χ0v) is 10.1. The number of thioether (sulfide) groups is 1. The summed E-state index contributed by atoms with van der Waals surface area (Å²) in [7, 11) is 0. The summed E-state index contributed by atoms with van der Waals surface area (Å²) in [5.74, 6) is 2.03. The third-order valence-corrected chi connectivity index (χ3v) is 4.56. The Morgan fingerprint density at radius 3 is 2.73 bits per heavy atom. The maximum atomic E-state index is 5.81. The Bertz CT molecular complexity index is 304. The summed E-state index contributed by atoms with van der Waals surface area (Å²) >= 11 is 2.00. The van der Waals surface area contributed by atoms with Gasteiger partial charge in [0.05, 0.1) is 5.25 Å². The van der Waals surface area contributed by atoms with Crippen LogP contribution in [0.5, 0.6) is 0 Å². The monoisotopic (exact) mass is 225 g/mol. The van der Waals surface area contributed by atoms with Crippen LogP contribution >= 0.6 is 11.8 Å². The van der Waals surface area contributed by atoms with Gasteiger partial charge in [0.1, 0.15) is 11.5 Å². The van der Waals surface area contributed by atoms with E-state index in [1.807, 2.05) is 24.8 Å². The molecular formula is C12H19NOS. The van der Waals surface area contributed by atoms with E-state index in [9.17, 15) is 0 Å². The Morgan fingerprint density at radius 2 is 2.20 bits per heavy atom. The van der Waals surface area contributed by atoms with E-state index in [-0.39, 0.29) is 0 Å². The topological polar surface area (TPSA) is 39.2 Å². The minimum absolute atomic E-state index is 0.349. The molecule has 0 aliphatic heterocycles. The second-order valence-electron chi connectivity index (χ2n) is 4.22. The fourth-order valence-electron chi connectivity index (χ4n) is 2.12. The molecule has 1 heterocycles. The minimum Gasteiger partial charge on any atom is -0.465 e. The van der Waals surface area contributed by atoms with Crippen LogP contribution in [0, 0.1) is 6.92 Å². The lowest BCUT2D eigenvalue weighted by Crippen LogP contribution is -2.12. The molecule has 1 aliphatic carbocycles. The first-order valence-electron chi connectivity index (χ1n) is 5.71. The Labute approximate surface area is 95.6 Å². The van der Waals surface area contributed by atoms with Gasteiger partial charge in [-0.3, -0.25) is 0 Å². The number of aryl methyl sites for hydroxylation is 1. The summed E-state index contributed by atoms with van der Waals surface area (Å²) < 4.78 is 5.65. The fourth-order valence-corrected chi connectivity index (χ4v) is 3.56. The van der Waals surface area contributed by atoms with Crippen LogP contribution in [0.3, 0.4) is 0 Å². The van der Waals surface area contributed by atoms with Crippen LogP contribution in [0.4, 0.5) is 0 Å². The van der Waals surface area contributed by atoms with E-state index in [4.69, 9.17) is 10.2 Å². The summed E-state index contributed by atoms with van der Waals surface area (Å²) in [5.41, 5.74) is 5.81. The molecule has 2 nitrogen and oxygen atoms in total. The number of hydrogen-bond donors (Lipinski definition) is 1. The van der Waals surface area contributed by atoms with Crippen LogP contribution < -0.4 is 5.73 Å². The van der Waals surface area contributed by atoms with Crippen molar-refractivity contribution >= 4 is 11.8 Å². The van der Waals surface area contributed by atoms with E-state index in [1.54, 1.807) is 0 Å². The van der Waals surface area contributed by atoms with E-state index in [0.717, 1.165) is 16.8 Å². The van der Waals surface area contributed by atoms with E-state index in [0.29, 0.717) is 11.8 Å². The van der Waals surface area contributed by atoms with Crippen LogP contribution in [-0.4, -0.2) is 11.8 Å². The van der Waals surface area contributed by atoms with Gasteiger partial charge < -0.3 is 10.2 Å². The van der Waals surface area contributed by atoms with Gasteiger partial charge in [-0.25, -0.2) is 0 Å². The molecule has 0 aromatic carbocycles. The summed E-state index contributed by atoms with van der Waals surface area (Å²) in [6, 6.07) is 4.09. The normalized spacial score (nSPS) is 19.6. The van der Waals surface area contributed by atoms with Gasteiger partial charge in [-0.15, -0.1) is 11.8 Å². The standard InChI is InChI=1S/C12H19NOS/c1-9-6-7-11(14-9)12(8-13)15-10-4-2-3-5-10/h6-7,10,12H,2-5,8,13H2,1H3. The van der Waals surface area contributed by atoms with Crippen molar-refractivity contribution in [2.75, 3.05) is 6.54 Å². The molecular weight excluding hydrogens is 206 g/mol. The van der Waals surface area contributed by atoms with Gasteiger partial charge in [0, 0.05) is 11.8 Å². The van der Waals surface area contributed by atoms with Gasteiger partial charge in [0.15, 0.2) is 0 Å². The van der Waals surface area contributed by atoms with E-state index < -0.39 is 0 Å². The average molecular weight is 225 g/mol. The molecule has 84 valence electrons. The zero-order chi connectivity index (χ0) is 10.7. The molecule has 0 saturated heterocycles. The highest BCUT2D eigenvalue weighted by atomic mass is 32.2. The molecule has 1 aromatic rings. The Morgan fingerprint density at radius 1 is 1.47 bits per heavy atom. The molecule has 0 amide bonds. The zero-order valence-electron chi connectivity index (χ0n) is 9.24. The molecule has 1 fully saturated rings. The van der Waals surface area contributed by atoms with E-state index >= 15 is 0 Å². The average Bonchev–Trinajstić information content (AvgIpc) is 2.85. The van der Waals surface area contributed by atoms with Gasteiger partial charge in [-0.05, 0) is 31.9 Å². The first kappa shape index (κ1) is 11.1. The molecule has 1 atom stereocenters. The SMILES string of the molecule is Cc1ccc(C(CN)SC2CCCC2)o1. The number of furan rings is 1. The lowest BCUT2D eigenvalue weighted by molar-refractivity contribution is 0.481. The molecule has 2 N–H and O–H groups in total. The van der Waals surface area contributed by atoms with Crippen LogP contribution in [0.15, 0.2) is 16.5 Å². The first-order valence-corrected chi connectivity index (χ1v) is 6.65. The first-order chi connectivity index (χ1) is 7.29.